The van der Waals surface area contributed by atoms with E-state index >= 15 is 0 Å². The summed E-state index contributed by atoms with van der Waals surface area (Å²) < 4.78 is 6.34. The van der Waals surface area contributed by atoms with Crippen molar-refractivity contribution in [3.63, 3.8) is 0 Å². The van der Waals surface area contributed by atoms with E-state index in [1.807, 2.05) is 72.8 Å². The number of aryl methyl sites for hydroxylation is 1. The maximum Gasteiger partial charge on any atom is 0.261 e. The number of amides is 3. The second kappa shape index (κ2) is 11.7. The zero-order valence-electron chi connectivity index (χ0n) is 23.2. The van der Waals surface area contributed by atoms with Crippen LogP contribution in [0, 0.1) is 0 Å². The Labute approximate surface area is 243 Å². The number of nitrogens with one attached hydrogen (secondary N) is 1. The van der Waals surface area contributed by atoms with Gasteiger partial charge in [0.25, 0.3) is 17.7 Å². The van der Waals surface area contributed by atoms with Gasteiger partial charge in [-0.15, -0.1) is 0 Å². The molecule has 42 heavy (non-hydrogen) atoms. The zero-order chi connectivity index (χ0) is 29.1. The highest BCUT2D eigenvalue weighted by atomic mass is 16.5. The van der Waals surface area contributed by atoms with Crippen LogP contribution in [0.2, 0.25) is 0 Å². The molecule has 7 heteroatoms. The molecule has 0 radical (unpaired) electrons. The lowest BCUT2D eigenvalue weighted by Crippen LogP contribution is -2.34. The summed E-state index contributed by atoms with van der Waals surface area (Å²) in [6.07, 6.45) is 0.856. The van der Waals surface area contributed by atoms with Crippen molar-refractivity contribution in [2.75, 3.05) is 13.2 Å². The number of imide groups is 1. The highest BCUT2D eigenvalue weighted by Crippen LogP contribution is 2.36. The van der Waals surface area contributed by atoms with Crippen LogP contribution in [0.25, 0.3) is 22.2 Å². The lowest BCUT2D eigenvalue weighted by atomic mass is 10.0. The van der Waals surface area contributed by atoms with Gasteiger partial charge in [0.2, 0.25) is 0 Å². The minimum Gasteiger partial charge on any atom is -0.489 e. The lowest BCUT2D eigenvalue weighted by Gasteiger charge is -2.20. The Balaban J connectivity index is 1.36. The van der Waals surface area contributed by atoms with Gasteiger partial charge in [-0.3, -0.25) is 19.3 Å². The Hall–Kier alpha value is -5.30. The summed E-state index contributed by atoms with van der Waals surface area (Å²) >= 11 is 0. The maximum atomic E-state index is 14.0. The first-order chi connectivity index (χ1) is 20.6. The third-order valence-corrected chi connectivity index (χ3v) is 7.50. The monoisotopic (exact) mass is 555 g/mol. The first-order valence-electron chi connectivity index (χ1n) is 14.0. The number of carbonyl (C=O) groups is 3. The molecule has 0 atom stereocenters. The van der Waals surface area contributed by atoms with Gasteiger partial charge in [0.05, 0.1) is 28.8 Å². The van der Waals surface area contributed by atoms with Crippen LogP contribution in [0.3, 0.4) is 0 Å². The Morgan fingerprint density at radius 2 is 1.40 bits per heavy atom. The van der Waals surface area contributed by atoms with E-state index in [0.29, 0.717) is 45.6 Å². The minimum absolute atomic E-state index is 0.00965. The summed E-state index contributed by atoms with van der Waals surface area (Å²) in [6.45, 7) is 2.46. The number of hydrogen-bond acceptors (Lipinski definition) is 5. The largest absolute Gasteiger partial charge is 0.489 e. The van der Waals surface area contributed by atoms with Crippen molar-refractivity contribution < 1.29 is 19.1 Å². The van der Waals surface area contributed by atoms with Gasteiger partial charge in [-0.25, -0.2) is 4.98 Å². The number of ether oxygens (including phenoxy) is 1. The molecular formula is C35H29N3O4. The molecule has 3 amide bonds. The number of fused-ring (bicyclic) bond motifs is 2. The number of hydrogen-bond donors (Lipinski definition) is 1. The predicted octanol–water partition coefficient (Wildman–Crippen LogP) is 6.07. The first kappa shape index (κ1) is 26.9. The van der Waals surface area contributed by atoms with E-state index in [1.165, 1.54) is 10.5 Å². The van der Waals surface area contributed by atoms with Crippen molar-refractivity contribution in [1.82, 2.24) is 15.2 Å². The number of para-hydroxylation sites is 1. The van der Waals surface area contributed by atoms with Gasteiger partial charge in [0.15, 0.2) is 5.75 Å². The predicted molar refractivity (Wildman–Crippen MR) is 161 cm³/mol. The van der Waals surface area contributed by atoms with E-state index in [9.17, 15) is 14.4 Å². The summed E-state index contributed by atoms with van der Waals surface area (Å²) in [5.41, 5.74) is 5.28. The molecule has 1 aromatic heterocycles. The summed E-state index contributed by atoms with van der Waals surface area (Å²) in [6, 6.07) is 31.8. The van der Waals surface area contributed by atoms with Crippen molar-refractivity contribution >= 4 is 28.6 Å². The van der Waals surface area contributed by atoms with E-state index in [2.05, 4.69) is 18.3 Å². The van der Waals surface area contributed by atoms with Gasteiger partial charge in [-0.05, 0) is 35.7 Å². The van der Waals surface area contributed by atoms with Crippen LogP contribution in [0.1, 0.15) is 49.1 Å². The van der Waals surface area contributed by atoms with E-state index in [4.69, 9.17) is 9.72 Å². The van der Waals surface area contributed by atoms with Crippen LogP contribution >= 0.6 is 0 Å². The normalized spacial score (nSPS) is 12.5. The topological polar surface area (TPSA) is 88.6 Å². The third-order valence-electron chi connectivity index (χ3n) is 7.50. The quantitative estimate of drug-likeness (QED) is 0.223. The van der Waals surface area contributed by atoms with Crippen LogP contribution in [0.5, 0.6) is 5.75 Å². The van der Waals surface area contributed by atoms with Gasteiger partial charge < -0.3 is 10.1 Å². The average molecular weight is 556 g/mol. The Kier molecular flexibility index (Phi) is 7.47. The molecule has 2 heterocycles. The number of rotatable bonds is 9. The summed E-state index contributed by atoms with van der Waals surface area (Å²) in [5, 5.41) is 3.74. The van der Waals surface area contributed by atoms with Crippen LogP contribution in [0.15, 0.2) is 103 Å². The SMILES string of the molecule is CCc1ccccc1CNC(=O)c1c(OCCN2C(=O)c3ccccc3C2=O)c(-c2ccccc2)nc2ccccc12. The number of carbonyl (C=O) groups excluding carboxylic acids is 3. The minimum atomic E-state index is -0.355. The van der Waals surface area contributed by atoms with Gasteiger partial charge in [-0.1, -0.05) is 91.9 Å². The fraction of sp³-hybridized carbons (Fsp3) is 0.143. The molecule has 1 aliphatic rings. The standard InChI is InChI=1S/C35H29N3O4/c1-2-23-12-6-7-15-25(23)22-36-33(39)30-28-18-10-11-19-29(28)37-31(24-13-4-3-5-14-24)32(30)42-21-20-38-34(40)26-16-8-9-17-27(26)35(38)41/h3-19H,2,20-22H2,1H3,(H,36,39). The van der Waals surface area contributed by atoms with Crippen LogP contribution in [-0.2, 0) is 13.0 Å². The Morgan fingerprint density at radius 1 is 0.786 bits per heavy atom. The highest BCUT2D eigenvalue weighted by molar-refractivity contribution is 6.21. The summed E-state index contributed by atoms with van der Waals surface area (Å²) in [7, 11) is 0. The molecule has 0 spiro atoms. The Bertz CT molecular complexity index is 1780. The molecule has 0 saturated carbocycles. The van der Waals surface area contributed by atoms with E-state index in [0.717, 1.165) is 17.5 Å². The van der Waals surface area contributed by atoms with E-state index in [-0.39, 0.29) is 30.9 Å². The fourth-order valence-corrected chi connectivity index (χ4v) is 5.37. The van der Waals surface area contributed by atoms with Gasteiger partial charge >= 0.3 is 0 Å². The van der Waals surface area contributed by atoms with Crippen molar-refractivity contribution in [3.05, 3.63) is 131 Å². The molecule has 5 aromatic rings. The molecule has 0 aliphatic carbocycles. The molecule has 0 bridgehead atoms. The van der Waals surface area contributed by atoms with Crippen LogP contribution < -0.4 is 10.1 Å². The molecule has 1 N–H and O–H groups in total. The zero-order valence-corrected chi connectivity index (χ0v) is 23.2. The summed E-state index contributed by atoms with van der Waals surface area (Å²) in [4.78, 5) is 45.9. The summed E-state index contributed by atoms with van der Waals surface area (Å²) in [5.74, 6) is -0.705. The van der Waals surface area contributed by atoms with Crippen LogP contribution in [0.4, 0.5) is 0 Å². The lowest BCUT2D eigenvalue weighted by molar-refractivity contribution is 0.0630. The fourth-order valence-electron chi connectivity index (χ4n) is 5.37. The Morgan fingerprint density at radius 3 is 2.12 bits per heavy atom. The smallest absolute Gasteiger partial charge is 0.261 e. The number of nitrogens with zero attached hydrogens (tertiary/aromatic N) is 2. The second-order valence-corrected chi connectivity index (χ2v) is 10.0. The molecular weight excluding hydrogens is 526 g/mol. The molecule has 1 aliphatic heterocycles. The number of benzene rings is 4. The van der Waals surface area contributed by atoms with E-state index in [1.54, 1.807) is 24.3 Å². The molecule has 6 rings (SSSR count). The van der Waals surface area contributed by atoms with Crippen molar-refractivity contribution in [3.8, 4) is 17.0 Å². The van der Waals surface area contributed by atoms with Crippen molar-refractivity contribution in [2.45, 2.75) is 19.9 Å². The van der Waals surface area contributed by atoms with Gasteiger partial charge in [0.1, 0.15) is 12.3 Å². The van der Waals surface area contributed by atoms with Crippen molar-refractivity contribution in [2.24, 2.45) is 0 Å². The molecule has 7 nitrogen and oxygen atoms in total. The highest BCUT2D eigenvalue weighted by Gasteiger charge is 2.35. The number of aromatic nitrogens is 1. The van der Waals surface area contributed by atoms with Crippen molar-refractivity contribution in [1.29, 1.82) is 0 Å². The van der Waals surface area contributed by atoms with Gasteiger partial charge in [0, 0.05) is 17.5 Å². The molecule has 0 saturated heterocycles. The molecule has 208 valence electrons. The van der Waals surface area contributed by atoms with Gasteiger partial charge in [-0.2, -0.15) is 0 Å². The van der Waals surface area contributed by atoms with Crippen LogP contribution in [-0.4, -0.2) is 40.8 Å². The maximum absolute atomic E-state index is 14.0. The second-order valence-electron chi connectivity index (χ2n) is 10.0. The third kappa shape index (κ3) is 5.01. The molecule has 4 aromatic carbocycles. The van der Waals surface area contributed by atoms with E-state index < -0.39 is 0 Å². The first-order valence-corrected chi connectivity index (χ1v) is 14.0. The average Bonchev–Trinajstić information content (AvgIpc) is 3.28. The number of pyridine rings is 1. The molecule has 0 unspecified atom stereocenters. The molecule has 0 fully saturated rings.